The van der Waals surface area contributed by atoms with E-state index in [4.69, 9.17) is 28.4 Å². The lowest BCUT2D eigenvalue weighted by molar-refractivity contribution is -0.302. The highest BCUT2D eigenvalue weighted by molar-refractivity contribution is 5.71. The molecule has 3 aliphatic heterocycles. The van der Waals surface area contributed by atoms with Crippen LogP contribution in [-0.2, 0) is 33.2 Å². The van der Waals surface area contributed by atoms with Crippen LogP contribution in [0.1, 0.15) is 18.8 Å². The Morgan fingerprint density at radius 2 is 1.96 bits per heavy atom. The first-order chi connectivity index (χ1) is 13.1. The molecule has 0 aliphatic carbocycles. The number of hydrogen-bond donors (Lipinski definition) is 1. The van der Waals surface area contributed by atoms with Gasteiger partial charge in [-0.2, -0.15) is 0 Å². The number of benzene rings is 1. The molecule has 3 saturated heterocycles. The third kappa shape index (κ3) is 3.51. The number of nitrogens with one attached hydrogen (secondary N) is 1. The van der Waals surface area contributed by atoms with Crippen LogP contribution in [0.5, 0.6) is 0 Å². The molecule has 0 spiro atoms. The Morgan fingerprint density at radius 3 is 2.67 bits per heavy atom. The summed E-state index contributed by atoms with van der Waals surface area (Å²) in [6.45, 7) is 1.50. The Hall–Kier alpha value is -2.20. The molecule has 7 atom stereocenters. The van der Waals surface area contributed by atoms with Crippen molar-refractivity contribution in [3.8, 4) is 0 Å². The van der Waals surface area contributed by atoms with Gasteiger partial charge < -0.3 is 33.7 Å². The van der Waals surface area contributed by atoms with Gasteiger partial charge in [0.15, 0.2) is 24.8 Å². The summed E-state index contributed by atoms with van der Waals surface area (Å²) in [4.78, 5) is 23.5. The fraction of sp³-hybridized carbons (Fsp3) is 0.556. The Kier molecular flexibility index (Phi) is 5.00. The molecule has 4 rings (SSSR count). The van der Waals surface area contributed by atoms with Gasteiger partial charge in [0.2, 0.25) is 0 Å². The van der Waals surface area contributed by atoms with E-state index in [0.717, 1.165) is 5.56 Å². The summed E-state index contributed by atoms with van der Waals surface area (Å²) in [6.07, 6.45) is -4.96. The number of carbonyl (C=O) groups is 2. The van der Waals surface area contributed by atoms with Crippen LogP contribution < -0.4 is 5.32 Å². The van der Waals surface area contributed by atoms with E-state index in [9.17, 15) is 9.59 Å². The second-order valence-electron chi connectivity index (χ2n) is 6.57. The Labute approximate surface area is 155 Å². The minimum absolute atomic E-state index is 0.204. The average molecular weight is 379 g/mol. The lowest BCUT2D eigenvalue weighted by Gasteiger charge is -2.39. The highest BCUT2D eigenvalue weighted by Gasteiger charge is 2.56. The van der Waals surface area contributed by atoms with Crippen molar-refractivity contribution < 1.29 is 38.0 Å². The van der Waals surface area contributed by atoms with E-state index in [0.29, 0.717) is 0 Å². The Balaban J connectivity index is 1.65. The number of amides is 1. The molecule has 1 aromatic rings. The van der Waals surface area contributed by atoms with Crippen molar-refractivity contribution in [2.75, 3.05) is 13.7 Å². The number of rotatable bonds is 3. The molecule has 0 bridgehead atoms. The second-order valence-corrected chi connectivity index (χ2v) is 6.57. The van der Waals surface area contributed by atoms with E-state index in [1.54, 1.807) is 0 Å². The molecule has 1 unspecified atom stereocenters. The molecule has 1 aromatic carbocycles. The van der Waals surface area contributed by atoms with Gasteiger partial charge in [0.1, 0.15) is 18.2 Å². The highest BCUT2D eigenvalue weighted by Crippen LogP contribution is 2.36. The Morgan fingerprint density at radius 1 is 1.19 bits per heavy atom. The van der Waals surface area contributed by atoms with Crippen LogP contribution in [0.4, 0.5) is 4.79 Å². The molecule has 3 heterocycles. The summed E-state index contributed by atoms with van der Waals surface area (Å²) in [5.74, 6) is -0.499. The van der Waals surface area contributed by atoms with Gasteiger partial charge in [0.25, 0.3) is 0 Å². The topological polar surface area (TPSA) is 102 Å². The monoisotopic (exact) mass is 379 g/mol. The SMILES string of the molecule is CO[C@H]1O[C@@H]2COC(c3ccccc3)O[C@H]2[C@H](OC(C)=O)[C@H]2NC(=O)O[C@H]12. The molecule has 3 aliphatic rings. The molecule has 0 saturated carbocycles. The first kappa shape index (κ1) is 18.2. The van der Waals surface area contributed by atoms with Crippen LogP contribution in [0.3, 0.4) is 0 Å². The van der Waals surface area contributed by atoms with Gasteiger partial charge in [-0.15, -0.1) is 0 Å². The van der Waals surface area contributed by atoms with Crippen molar-refractivity contribution in [2.24, 2.45) is 0 Å². The van der Waals surface area contributed by atoms with Crippen LogP contribution in [-0.4, -0.2) is 62.5 Å². The third-order valence-corrected chi connectivity index (χ3v) is 4.80. The van der Waals surface area contributed by atoms with Gasteiger partial charge in [0.05, 0.1) is 6.61 Å². The van der Waals surface area contributed by atoms with Gasteiger partial charge in [-0.3, -0.25) is 4.79 Å². The molecule has 9 heteroatoms. The molecular formula is C18H21NO8. The number of ether oxygens (including phenoxy) is 6. The number of fused-ring (bicyclic) bond motifs is 2. The van der Waals surface area contributed by atoms with E-state index < -0.39 is 55.1 Å². The molecule has 0 radical (unpaired) electrons. The van der Waals surface area contributed by atoms with Crippen LogP contribution in [0.15, 0.2) is 30.3 Å². The van der Waals surface area contributed by atoms with Crippen molar-refractivity contribution in [2.45, 2.75) is 50.0 Å². The summed E-state index contributed by atoms with van der Waals surface area (Å²) in [6, 6.07) is 8.74. The zero-order valence-electron chi connectivity index (χ0n) is 14.9. The fourth-order valence-electron chi connectivity index (χ4n) is 3.66. The van der Waals surface area contributed by atoms with Crippen molar-refractivity contribution >= 4 is 12.1 Å². The lowest BCUT2D eigenvalue weighted by Crippen LogP contribution is -2.56. The smallest absolute Gasteiger partial charge is 0.408 e. The lowest BCUT2D eigenvalue weighted by atomic mass is 9.97. The summed E-state index contributed by atoms with van der Waals surface area (Å²) in [5.41, 5.74) is 0.827. The zero-order chi connectivity index (χ0) is 19.0. The first-order valence-corrected chi connectivity index (χ1v) is 8.71. The van der Waals surface area contributed by atoms with Crippen molar-refractivity contribution in [1.29, 1.82) is 0 Å². The van der Waals surface area contributed by atoms with Crippen LogP contribution in [0, 0.1) is 0 Å². The van der Waals surface area contributed by atoms with Gasteiger partial charge in [0, 0.05) is 19.6 Å². The van der Waals surface area contributed by atoms with E-state index >= 15 is 0 Å². The molecule has 146 valence electrons. The van der Waals surface area contributed by atoms with Gasteiger partial charge in [-0.05, 0) is 0 Å². The maximum atomic E-state index is 11.8. The zero-order valence-corrected chi connectivity index (χ0v) is 14.9. The summed E-state index contributed by atoms with van der Waals surface area (Å²) in [7, 11) is 1.45. The van der Waals surface area contributed by atoms with E-state index in [-0.39, 0.29) is 6.61 Å². The largest absolute Gasteiger partial charge is 0.457 e. The predicted octanol–water partition coefficient (Wildman–Crippen LogP) is 0.881. The van der Waals surface area contributed by atoms with Crippen molar-refractivity contribution in [3.05, 3.63) is 35.9 Å². The normalized spacial score (nSPS) is 38.0. The van der Waals surface area contributed by atoms with Gasteiger partial charge in [-0.25, -0.2) is 4.79 Å². The third-order valence-electron chi connectivity index (χ3n) is 4.80. The summed E-state index contributed by atoms with van der Waals surface area (Å²) in [5, 5.41) is 2.68. The number of carbonyl (C=O) groups excluding carboxylic acids is 2. The molecule has 1 amide bonds. The average Bonchev–Trinajstić information content (AvgIpc) is 3.01. The second kappa shape index (κ2) is 7.43. The van der Waals surface area contributed by atoms with Crippen LogP contribution in [0.2, 0.25) is 0 Å². The number of esters is 1. The fourth-order valence-corrected chi connectivity index (χ4v) is 3.66. The molecule has 3 fully saturated rings. The molecule has 27 heavy (non-hydrogen) atoms. The molecule has 9 nitrogen and oxygen atoms in total. The van der Waals surface area contributed by atoms with Crippen molar-refractivity contribution in [1.82, 2.24) is 5.32 Å². The van der Waals surface area contributed by atoms with E-state index in [1.807, 2.05) is 30.3 Å². The van der Waals surface area contributed by atoms with Crippen LogP contribution >= 0.6 is 0 Å². The first-order valence-electron chi connectivity index (χ1n) is 8.71. The maximum absolute atomic E-state index is 11.8. The van der Waals surface area contributed by atoms with E-state index in [2.05, 4.69) is 5.32 Å². The van der Waals surface area contributed by atoms with Crippen molar-refractivity contribution in [3.63, 3.8) is 0 Å². The Bertz CT molecular complexity index is 698. The molecule has 0 aromatic heterocycles. The standard InChI is InChI=1S/C18H21NO8/c1-9(20)24-14-12-15(27-18(21)19-12)17(22-2)25-11-8-23-16(26-13(11)14)10-6-4-3-5-7-10/h3-7,11-17H,8H2,1-2H3,(H,19,21)/t11-,12-,13-,14-,15+,16?,17+/m1/s1. The summed E-state index contributed by atoms with van der Waals surface area (Å²) < 4.78 is 34.0. The predicted molar refractivity (Wildman–Crippen MR) is 88.4 cm³/mol. The minimum atomic E-state index is -0.845. The number of alkyl carbamates (subject to hydrolysis) is 1. The number of hydrogen-bond acceptors (Lipinski definition) is 8. The molecule has 1 N–H and O–H groups in total. The van der Waals surface area contributed by atoms with Gasteiger partial charge >= 0.3 is 12.1 Å². The van der Waals surface area contributed by atoms with E-state index in [1.165, 1.54) is 14.0 Å². The maximum Gasteiger partial charge on any atom is 0.408 e. The molecular weight excluding hydrogens is 358 g/mol. The van der Waals surface area contributed by atoms with Crippen LogP contribution in [0.25, 0.3) is 0 Å². The minimum Gasteiger partial charge on any atom is -0.457 e. The highest BCUT2D eigenvalue weighted by atomic mass is 16.8. The number of methoxy groups -OCH3 is 1. The van der Waals surface area contributed by atoms with Gasteiger partial charge in [-0.1, -0.05) is 30.3 Å². The summed E-state index contributed by atoms with van der Waals surface area (Å²) >= 11 is 0. The quantitative estimate of drug-likeness (QED) is 0.773.